The van der Waals surface area contributed by atoms with Gasteiger partial charge in [0.05, 0.1) is 5.56 Å². The third-order valence-corrected chi connectivity index (χ3v) is 5.28. The molecule has 4 heteroatoms. The highest BCUT2D eigenvalue weighted by Crippen LogP contribution is 2.37. The highest BCUT2D eigenvalue weighted by atomic mass is 19.1. The van der Waals surface area contributed by atoms with Crippen LogP contribution in [0.15, 0.2) is 18.2 Å². The average molecular weight is 319 g/mol. The third-order valence-electron chi connectivity index (χ3n) is 5.28. The van der Waals surface area contributed by atoms with Crippen LogP contribution in [0, 0.1) is 18.7 Å². The van der Waals surface area contributed by atoms with E-state index in [9.17, 15) is 9.18 Å². The van der Waals surface area contributed by atoms with E-state index in [4.69, 9.17) is 5.11 Å². The lowest BCUT2D eigenvalue weighted by atomic mass is 9.83. The first-order valence-electron chi connectivity index (χ1n) is 8.80. The summed E-state index contributed by atoms with van der Waals surface area (Å²) in [5.41, 5.74) is 1.04. The van der Waals surface area contributed by atoms with E-state index in [0.29, 0.717) is 12.0 Å². The Hall–Kier alpha value is -1.42. The van der Waals surface area contributed by atoms with Crippen LogP contribution in [0.3, 0.4) is 0 Å². The Morgan fingerprint density at radius 1 is 1.17 bits per heavy atom. The van der Waals surface area contributed by atoms with Gasteiger partial charge in [0.2, 0.25) is 0 Å². The van der Waals surface area contributed by atoms with Gasteiger partial charge in [-0.15, -0.1) is 0 Å². The second-order valence-electron chi connectivity index (χ2n) is 7.11. The summed E-state index contributed by atoms with van der Waals surface area (Å²) < 4.78 is 14.2. The van der Waals surface area contributed by atoms with E-state index in [1.165, 1.54) is 6.07 Å². The molecule has 0 unspecified atom stereocenters. The quantitative estimate of drug-likeness (QED) is 0.899. The van der Waals surface area contributed by atoms with Crippen LogP contribution in [-0.4, -0.2) is 34.6 Å². The SMILES string of the molecule is Cc1ccc(C(=O)N(C2CCC(CCO)CC2)C2CC2)c(F)c1. The van der Waals surface area contributed by atoms with Gasteiger partial charge in [-0.25, -0.2) is 4.39 Å². The molecule has 0 aromatic heterocycles. The van der Waals surface area contributed by atoms with Crippen LogP contribution in [0.1, 0.15) is 60.9 Å². The van der Waals surface area contributed by atoms with Gasteiger partial charge in [0, 0.05) is 18.7 Å². The van der Waals surface area contributed by atoms with Crippen LogP contribution in [0.2, 0.25) is 0 Å². The number of benzene rings is 1. The van der Waals surface area contributed by atoms with Gasteiger partial charge in [0.15, 0.2) is 0 Å². The fourth-order valence-corrected chi connectivity index (χ4v) is 3.81. The van der Waals surface area contributed by atoms with Crippen LogP contribution in [0.5, 0.6) is 0 Å². The van der Waals surface area contributed by atoms with Crippen LogP contribution in [0.4, 0.5) is 4.39 Å². The van der Waals surface area contributed by atoms with Crippen LogP contribution >= 0.6 is 0 Å². The minimum atomic E-state index is -0.408. The van der Waals surface area contributed by atoms with Crippen molar-refractivity contribution in [3.05, 3.63) is 35.1 Å². The molecule has 0 bridgehead atoms. The summed E-state index contributed by atoms with van der Waals surface area (Å²) in [5, 5.41) is 9.08. The number of aryl methyl sites for hydroxylation is 1. The summed E-state index contributed by atoms with van der Waals surface area (Å²) in [4.78, 5) is 14.9. The first-order chi connectivity index (χ1) is 11.1. The number of amides is 1. The number of hydrogen-bond acceptors (Lipinski definition) is 2. The van der Waals surface area contributed by atoms with Gasteiger partial charge < -0.3 is 10.0 Å². The number of rotatable bonds is 5. The highest BCUT2D eigenvalue weighted by molar-refractivity contribution is 5.95. The number of carbonyl (C=O) groups is 1. The minimum absolute atomic E-state index is 0.143. The van der Waals surface area contributed by atoms with Gasteiger partial charge >= 0.3 is 0 Å². The Morgan fingerprint density at radius 3 is 2.30 bits per heavy atom. The first kappa shape index (κ1) is 16.4. The zero-order valence-corrected chi connectivity index (χ0v) is 13.8. The molecule has 2 aliphatic carbocycles. The monoisotopic (exact) mass is 319 g/mol. The number of aliphatic hydroxyl groups excluding tert-OH is 1. The van der Waals surface area contributed by atoms with Gasteiger partial charge in [-0.2, -0.15) is 0 Å². The van der Waals surface area contributed by atoms with Crippen molar-refractivity contribution in [2.24, 2.45) is 5.92 Å². The molecule has 0 spiro atoms. The van der Waals surface area contributed by atoms with Crippen LogP contribution in [-0.2, 0) is 0 Å². The third kappa shape index (κ3) is 3.74. The lowest BCUT2D eigenvalue weighted by Crippen LogP contribution is -2.44. The molecule has 23 heavy (non-hydrogen) atoms. The molecule has 0 heterocycles. The number of hydrogen-bond donors (Lipinski definition) is 1. The summed E-state index contributed by atoms with van der Waals surface area (Å²) in [6.07, 6.45) is 6.99. The molecule has 0 aliphatic heterocycles. The van der Waals surface area contributed by atoms with Crippen molar-refractivity contribution in [2.45, 2.75) is 64.0 Å². The van der Waals surface area contributed by atoms with Crippen molar-refractivity contribution in [3.8, 4) is 0 Å². The predicted octanol–water partition coefficient (Wildman–Crippen LogP) is 3.68. The summed E-state index contributed by atoms with van der Waals surface area (Å²) in [5.74, 6) is 0.0220. The summed E-state index contributed by atoms with van der Waals surface area (Å²) in [6.45, 7) is 2.08. The lowest BCUT2D eigenvalue weighted by Gasteiger charge is -2.37. The van der Waals surface area contributed by atoms with Gasteiger partial charge in [0.25, 0.3) is 5.91 Å². The van der Waals surface area contributed by atoms with Crippen molar-refractivity contribution in [3.63, 3.8) is 0 Å². The molecule has 0 radical (unpaired) electrons. The molecule has 1 amide bonds. The van der Waals surface area contributed by atoms with Gasteiger partial charge in [-0.05, 0) is 75.5 Å². The highest BCUT2D eigenvalue weighted by Gasteiger charge is 2.39. The number of carbonyl (C=O) groups excluding carboxylic acids is 1. The molecular formula is C19H26FNO2. The molecule has 3 rings (SSSR count). The zero-order valence-electron chi connectivity index (χ0n) is 13.8. The molecule has 2 aliphatic rings. The zero-order chi connectivity index (χ0) is 16.4. The van der Waals surface area contributed by atoms with E-state index in [-0.39, 0.29) is 24.1 Å². The van der Waals surface area contributed by atoms with Crippen LogP contribution < -0.4 is 0 Å². The van der Waals surface area contributed by atoms with Crippen molar-refractivity contribution in [2.75, 3.05) is 6.61 Å². The number of halogens is 1. The minimum Gasteiger partial charge on any atom is -0.396 e. The summed E-state index contributed by atoms with van der Waals surface area (Å²) >= 11 is 0. The molecule has 1 aromatic carbocycles. The molecular weight excluding hydrogens is 293 g/mol. The maximum absolute atomic E-state index is 14.2. The van der Waals surface area contributed by atoms with Gasteiger partial charge in [0.1, 0.15) is 5.82 Å². The molecule has 1 N–H and O–H groups in total. The fraction of sp³-hybridized carbons (Fsp3) is 0.632. The van der Waals surface area contributed by atoms with E-state index >= 15 is 0 Å². The standard InChI is InChI=1S/C19H26FNO2/c1-13-2-9-17(18(20)12-13)19(23)21(16-7-8-16)15-5-3-14(4-6-15)10-11-22/h2,9,12,14-16,22H,3-8,10-11H2,1H3. The van der Waals surface area contributed by atoms with Gasteiger partial charge in [-0.3, -0.25) is 4.79 Å². The lowest BCUT2D eigenvalue weighted by molar-refractivity contribution is 0.0573. The molecule has 0 saturated heterocycles. The molecule has 2 saturated carbocycles. The molecule has 126 valence electrons. The Kier molecular flexibility index (Phi) is 5.00. The Morgan fingerprint density at radius 2 is 1.78 bits per heavy atom. The first-order valence-corrected chi connectivity index (χ1v) is 8.80. The normalized spacial score (nSPS) is 24.5. The fourth-order valence-electron chi connectivity index (χ4n) is 3.81. The summed E-state index contributed by atoms with van der Waals surface area (Å²) in [7, 11) is 0. The second kappa shape index (κ2) is 7.00. The predicted molar refractivity (Wildman–Crippen MR) is 87.8 cm³/mol. The molecule has 3 nitrogen and oxygen atoms in total. The largest absolute Gasteiger partial charge is 0.396 e. The smallest absolute Gasteiger partial charge is 0.257 e. The summed E-state index contributed by atoms with van der Waals surface area (Å²) in [6, 6.07) is 5.39. The molecule has 0 atom stereocenters. The van der Waals surface area contributed by atoms with Crippen LogP contribution in [0.25, 0.3) is 0 Å². The van der Waals surface area contributed by atoms with Gasteiger partial charge in [-0.1, -0.05) is 6.07 Å². The Balaban J connectivity index is 1.73. The van der Waals surface area contributed by atoms with E-state index in [1.54, 1.807) is 12.1 Å². The van der Waals surface area contributed by atoms with E-state index < -0.39 is 5.82 Å². The second-order valence-corrected chi connectivity index (χ2v) is 7.11. The maximum Gasteiger partial charge on any atom is 0.257 e. The Labute approximate surface area is 137 Å². The van der Waals surface area contributed by atoms with Crippen molar-refractivity contribution in [1.82, 2.24) is 4.90 Å². The average Bonchev–Trinajstić information content (AvgIpc) is 3.34. The Bertz CT molecular complexity index is 562. The number of nitrogens with zero attached hydrogens (tertiary/aromatic N) is 1. The maximum atomic E-state index is 14.2. The molecule has 2 fully saturated rings. The van der Waals surface area contributed by atoms with Crippen molar-refractivity contribution in [1.29, 1.82) is 0 Å². The van der Waals surface area contributed by atoms with Crippen molar-refractivity contribution >= 4 is 5.91 Å². The van der Waals surface area contributed by atoms with Crippen molar-refractivity contribution < 1.29 is 14.3 Å². The van der Waals surface area contributed by atoms with E-state index in [0.717, 1.165) is 50.5 Å². The van der Waals surface area contributed by atoms with E-state index in [1.807, 2.05) is 11.8 Å². The molecule has 1 aromatic rings. The van der Waals surface area contributed by atoms with E-state index in [2.05, 4.69) is 0 Å². The number of aliphatic hydroxyl groups is 1. The topological polar surface area (TPSA) is 40.5 Å².